The fourth-order valence-corrected chi connectivity index (χ4v) is 5.26. The number of benzene rings is 1. The third-order valence-corrected chi connectivity index (χ3v) is 6.29. The topological polar surface area (TPSA) is 60.4 Å². The number of esters is 1. The molecule has 1 aromatic heterocycles. The van der Waals surface area contributed by atoms with Gasteiger partial charge in [0.1, 0.15) is 4.21 Å². The molecular weight excluding hydrogens is 284 g/mol. The molecule has 4 nitrogen and oxygen atoms in total. The van der Waals surface area contributed by atoms with Gasteiger partial charge in [-0.25, -0.2) is 13.2 Å². The first-order chi connectivity index (χ1) is 9.07. The SMILES string of the molecule is CCOC(=O)c1csc2c1-c1ccccc1S2(=O)=O. The van der Waals surface area contributed by atoms with Crippen LogP contribution in [0.25, 0.3) is 11.1 Å². The first-order valence-electron chi connectivity index (χ1n) is 5.70. The molecule has 6 heteroatoms. The number of hydrogen-bond acceptors (Lipinski definition) is 5. The third-order valence-electron chi connectivity index (χ3n) is 2.94. The molecule has 0 radical (unpaired) electrons. The molecule has 1 aromatic carbocycles. The van der Waals surface area contributed by atoms with Crippen molar-refractivity contribution in [3.63, 3.8) is 0 Å². The van der Waals surface area contributed by atoms with Crippen molar-refractivity contribution in [3.05, 3.63) is 35.2 Å². The van der Waals surface area contributed by atoms with Crippen molar-refractivity contribution < 1.29 is 17.9 Å². The lowest BCUT2D eigenvalue weighted by molar-refractivity contribution is 0.0528. The Morgan fingerprint density at radius 3 is 2.79 bits per heavy atom. The van der Waals surface area contributed by atoms with E-state index in [0.29, 0.717) is 16.7 Å². The van der Waals surface area contributed by atoms with Gasteiger partial charge in [0.25, 0.3) is 0 Å². The quantitative estimate of drug-likeness (QED) is 0.682. The van der Waals surface area contributed by atoms with Gasteiger partial charge < -0.3 is 4.74 Å². The van der Waals surface area contributed by atoms with Gasteiger partial charge in [0.15, 0.2) is 0 Å². The van der Waals surface area contributed by atoms with Crippen LogP contribution in [0, 0.1) is 0 Å². The smallest absolute Gasteiger partial charge is 0.339 e. The van der Waals surface area contributed by atoms with Crippen LogP contribution in [0.5, 0.6) is 0 Å². The minimum Gasteiger partial charge on any atom is -0.462 e. The fraction of sp³-hybridized carbons (Fsp3) is 0.154. The lowest BCUT2D eigenvalue weighted by Crippen LogP contribution is -2.04. The summed E-state index contributed by atoms with van der Waals surface area (Å²) in [6.45, 7) is 1.98. The van der Waals surface area contributed by atoms with E-state index in [2.05, 4.69) is 0 Å². The minimum atomic E-state index is -3.48. The molecule has 1 aliphatic heterocycles. The molecule has 3 rings (SSSR count). The standard InChI is InChI=1S/C13H10O4S2/c1-2-17-12(14)9-7-18-13-11(9)8-5-3-4-6-10(8)19(13,15)16/h3-7H,2H2,1H3. The molecule has 2 heterocycles. The number of hydrogen-bond donors (Lipinski definition) is 0. The number of rotatable bonds is 2. The summed E-state index contributed by atoms with van der Waals surface area (Å²) in [5, 5.41) is 1.55. The van der Waals surface area contributed by atoms with E-state index in [1.54, 1.807) is 36.6 Å². The van der Waals surface area contributed by atoms with Crippen LogP contribution in [-0.2, 0) is 14.6 Å². The average Bonchev–Trinajstić information content (AvgIpc) is 2.91. The molecule has 0 amide bonds. The van der Waals surface area contributed by atoms with Crippen LogP contribution in [0.1, 0.15) is 17.3 Å². The van der Waals surface area contributed by atoms with Crippen LogP contribution in [0.15, 0.2) is 38.8 Å². The Morgan fingerprint density at radius 1 is 1.32 bits per heavy atom. The van der Waals surface area contributed by atoms with Crippen molar-refractivity contribution in [3.8, 4) is 11.1 Å². The third kappa shape index (κ3) is 1.63. The first kappa shape index (κ1) is 12.4. The molecule has 0 atom stereocenters. The van der Waals surface area contributed by atoms with Crippen LogP contribution < -0.4 is 0 Å². The Balaban J connectivity index is 2.29. The van der Waals surface area contributed by atoms with Gasteiger partial charge in [0.05, 0.1) is 17.1 Å². The van der Waals surface area contributed by atoms with E-state index >= 15 is 0 Å². The highest BCUT2D eigenvalue weighted by Gasteiger charge is 2.37. The molecule has 2 aromatic rings. The minimum absolute atomic E-state index is 0.233. The van der Waals surface area contributed by atoms with Crippen molar-refractivity contribution in [1.29, 1.82) is 0 Å². The van der Waals surface area contributed by atoms with Gasteiger partial charge >= 0.3 is 5.97 Å². The first-order valence-corrected chi connectivity index (χ1v) is 8.06. The molecule has 0 unspecified atom stereocenters. The van der Waals surface area contributed by atoms with E-state index in [1.807, 2.05) is 0 Å². The summed E-state index contributed by atoms with van der Waals surface area (Å²) < 4.78 is 29.9. The van der Waals surface area contributed by atoms with Gasteiger partial charge in [-0.05, 0) is 13.0 Å². The Hall–Kier alpha value is -1.66. The second-order valence-corrected chi connectivity index (χ2v) is 7.02. The van der Waals surface area contributed by atoms with Crippen molar-refractivity contribution in [2.45, 2.75) is 16.0 Å². The molecule has 0 aliphatic carbocycles. The summed E-state index contributed by atoms with van der Waals surface area (Å²) >= 11 is 1.07. The maximum atomic E-state index is 12.3. The summed E-state index contributed by atoms with van der Waals surface area (Å²) in [6.07, 6.45) is 0. The molecule has 0 spiro atoms. The van der Waals surface area contributed by atoms with Crippen molar-refractivity contribution in [2.24, 2.45) is 0 Å². The number of fused-ring (bicyclic) bond motifs is 3. The molecule has 0 N–H and O–H groups in total. The van der Waals surface area contributed by atoms with Crippen LogP contribution in [0.3, 0.4) is 0 Å². The number of carbonyl (C=O) groups is 1. The average molecular weight is 294 g/mol. The summed E-state index contributed by atoms with van der Waals surface area (Å²) in [6, 6.07) is 6.72. The molecule has 0 fully saturated rings. The largest absolute Gasteiger partial charge is 0.462 e. The number of sulfone groups is 1. The Labute approximate surface area is 114 Å². The molecule has 0 bridgehead atoms. The predicted molar refractivity (Wildman–Crippen MR) is 71.2 cm³/mol. The van der Waals surface area contributed by atoms with Crippen LogP contribution in [0.2, 0.25) is 0 Å². The molecule has 19 heavy (non-hydrogen) atoms. The summed E-state index contributed by atoms with van der Waals surface area (Å²) in [5.74, 6) is -0.480. The van der Waals surface area contributed by atoms with E-state index in [1.165, 1.54) is 0 Å². The van der Waals surface area contributed by atoms with Crippen LogP contribution in [-0.4, -0.2) is 21.0 Å². The zero-order valence-electron chi connectivity index (χ0n) is 10.0. The van der Waals surface area contributed by atoms with Crippen LogP contribution >= 0.6 is 11.3 Å². The van der Waals surface area contributed by atoms with Gasteiger partial charge in [0, 0.05) is 16.5 Å². The normalized spacial score (nSPS) is 14.8. The van der Waals surface area contributed by atoms with Gasteiger partial charge in [-0.15, -0.1) is 11.3 Å². The Kier molecular flexibility index (Phi) is 2.72. The van der Waals surface area contributed by atoms with Gasteiger partial charge in [0.2, 0.25) is 9.84 Å². The molecule has 0 saturated carbocycles. The van der Waals surface area contributed by atoms with Gasteiger partial charge in [-0.1, -0.05) is 18.2 Å². The maximum absolute atomic E-state index is 12.3. The summed E-state index contributed by atoms with van der Waals surface area (Å²) in [7, 11) is -3.48. The highest BCUT2D eigenvalue weighted by molar-refractivity contribution is 7.94. The predicted octanol–water partition coefficient (Wildman–Crippen LogP) is 2.74. The molecule has 1 aliphatic rings. The fourth-order valence-electron chi connectivity index (χ4n) is 2.16. The van der Waals surface area contributed by atoms with Gasteiger partial charge in [-0.2, -0.15) is 0 Å². The summed E-state index contributed by atoms with van der Waals surface area (Å²) in [5.41, 5.74) is 1.40. The number of ether oxygens (including phenoxy) is 1. The van der Waals surface area contributed by atoms with E-state index in [-0.39, 0.29) is 15.7 Å². The highest BCUT2D eigenvalue weighted by Crippen LogP contribution is 2.48. The van der Waals surface area contributed by atoms with E-state index in [0.717, 1.165) is 11.3 Å². The van der Waals surface area contributed by atoms with Crippen molar-refractivity contribution in [2.75, 3.05) is 6.61 Å². The molecule has 0 saturated heterocycles. The molecule has 98 valence electrons. The van der Waals surface area contributed by atoms with Crippen molar-refractivity contribution in [1.82, 2.24) is 0 Å². The Morgan fingerprint density at radius 2 is 2.05 bits per heavy atom. The van der Waals surface area contributed by atoms with Crippen LogP contribution in [0.4, 0.5) is 0 Å². The second kappa shape index (κ2) is 4.18. The van der Waals surface area contributed by atoms with E-state index < -0.39 is 15.8 Å². The summed E-state index contributed by atoms with van der Waals surface area (Å²) in [4.78, 5) is 12.1. The highest BCUT2D eigenvalue weighted by atomic mass is 32.2. The Bertz CT molecular complexity index is 772. The van der Waals surface area contributed by atoms with E-state index in [9.17, 15) is 13.2 Å². The zero-order chi connectivity index (χ0) is 13.6. The number of thiophene rings is 1. The number of carbonyl (C=O) groups excluding carboxylic acids is 1. The van der Waals surface area contributed by atoms with E-state index in [4.69, 9.17) is 4.74 Å². The lowest BCUT2D eigenvalue weighted by atomic mass is 10.1. The zero-order valence-corrected chi connectivity index (χ0v) is 11.7. The lowest BCUT2D eigenvalue weighted by Gasteiger charge is -2.02. The van der Waals surface area contributed by atoms with Gasteiger partial charge in [-0.3, -0.25) is 0 Å². The monoisotopic (exact) mass is 294 g/mol. The second-order valence-electron chi connectivity index (χ2n) is 4.03. The maximum Gasteiger partial charge on any atom is 0.339 e. The van der Waals surface area contributed by atoms with Crippen molar-refractivity contribution >= 4 is 27.1 Å². The molecular formula is C13H10O4S2.